The predicted octanol–water partition coefficient (Wildman–Crippen LogP) is 3.50. The molecule has 1 aromatic heterocycles. The molecule has 25 heavy (non-hydrogen) atoms. The molecule has 0 unspecified atom stereocenters. The van der Waals surface area contributed by atoms with Crippen LogP contribution in [-0.4, -0.2) is 45.3 Å². The van der Waals surface area contributed by atoms with Crippen LogP contribution in [0.2, 0.25) is 0 Å². The number of carbonyl (C=O) groups is 2. The van der Waals surface area contributed by atoms with Gasteiger partial charge in [-0.25, -0.2) is 0 Å². The average Bonchev–Trinajstić information content (AvgIpc) is 2.85. The Morgan fingerprint density at radius 2 is 1.96 bits per heavy atom. The molecule has 1 heterocycles. The number of nitrogens with one attached hydrogen (secondary N) is 1. The van der Waals surface area contributed by atoms with Crippen LogP contribution in [0.4, 0.5) is 4.79 Å². The van der Waals surface area contributed by atoms with E-state index >= 15 is 0 Å². The zero-order valence-electron chi connectivity index (χ0n) is 14.7. The van der Waals surface area contributed by atoms with Crippen molar-refractivity contribution < 1.29 is 19.1 Å². The van der Waals surface area contributed by atoms with Gasteiger partial charge in [-0.15, -0.1) is 0 Å². The Morgan fingerprint density at radius 3 is 2.56 bits per heavy atom. The number of halogens is 1. The number of alkyl carbamates (subject to hydrolysis) is 1. The predicted molar refractivity (Wildman–Crippen MR) is 107 cm³/mol. The van der Waals surface area contributed by atoms with E-state index in [-0.39, 0.29) is 14.5 Å². The topological polar surface area (TPSA) is 64.6 Å². The Labute approximate surface area is 167 Å². The summed E-state index contributed by atoms with van der Waals surface area (Å²) in [5, 5.41) is 3.92. The molecular formula is C18H22INO4Se. The first-order valence-corrected chi connectivity index (χ1v) is 10.7. The number of hydrogen-bond acceptors (Lipinski definition) is 4. The van der Waals surface area contributed by atoms with Crippen LogP contribution in [0.3, 0.4) is 0 Å². The summed E-state index contributed by atoms with van der Waals surface area (Å²) in [6.45, 7) is 5.35. The molecule has 1 amide bonds. The summed E-state index contributed by atoms with van der Waals surface area (Å²) >= 11 is 2.63. The number of aryl methyl sites for hydroxylation is 1. The van der Waals surface area contributed by atoms with Crippen LogP contribution in [0.5, 0.6) is 0 Å². The van der Waals surface area contributed by atoms with Crippen LogP contribution >= 0.6 is 22.6 Å². The third kappa shape index (κ3) is 5.72. The summed E-state index contributed by atoms with van der Waals surface area (Å²) in [7, 11) is 1.32. The van der Waals surface area contributed by atoms with Crippen LogP contribution in [0.25, 0.3) is 9.65 Å². The second-order valence-corrected chi connectivity index (χ2v) is 10.1. The molecule has 0 saturated heterocycles. The molecule has 0 bridgehead atoms. The van der Waals surface area contributed by atoms with E-state index in [1.165, 1.54) is 24.8 Å². The Kier molecular flexibility index (Phi) is 6.93. The van der Waals surface area contributed by atoms with Gasteiger partial charge in [0.25, 0.3) is 0 Å². The molecule has 0 aliphatic rings. The fourth-order valence-corrected chi connectivity index (χ4v) is 6.40. The molecule has 1 aromatic carbocycles. The molecule has 0 aliphatic carbocycles. The summed E-state index contributed by atoms with van der Waals surface area (Å²) in [5.41, 5.74) is -0.612. The molecule has 0 spiro atoms. The molecule has 0 radical (unpaired) electrons. The minimum absolute atomic E-state index is 0.264. The van der Waals surface area contributed by atoms with E-state index in [1.807, 2.05) is 6.07 Å². The van der Waals surface area contributed by atoms with E-state index in [9.17, 15) is 9.59 Å². The average molecular weight is 522 g/mol. The summed E-state index contributed by atoms with van der Waals surface area (Å²) in [6.07, 6.45) is 0.623. The van der Waals surface area contributed by atoms with Crippen molar-refractivity contribution in [2.45, 2.75) is 45.3 Å². The van der Waals surface area contributed by atoms with Gasteiger partial charge in [0.15, 0.2) is 0 Å². The normalized spacial score (nSPS) is 12.7. The molecule has 7 heteroatoms. The van der Waals surface area contributed by atoms with Gasteiger partial charge >= 0.3 is 168 Å². The molecule has 2 aromatic rings. The van der Waals surface area contributed by atoms with Crippen molar-refractivity contribution in [3.8, 4) is 0 Å². The first-order valence-electron chi connectivity index (χ1n) is 7.94. The van der Waals surface area contributed by atoms with Crippen molar-refractivity contribution in [1.29, 1.82) is 0 Å². The monoisotopic (exact) mass is 523 g/mol. The Morgan fingerprint density at radius 1 is 1.28 bits per heavy atom. The summed E-state index contributed by atoms with van der Waals surface area (Å²) in [6, 6.07) is 7.66. The summed E-state index contributed by atoms with van der Waals surface area (Å²) in [5.74, 6) is -0.454. The maximum absolute atomic E-state index is 12.0. The fraction of sp³-hybridized carbons (Fsp3) is 0.444. The van der Waals surface area contributed by atoms with Crippen molar-refractivity contribution in [2.75, 3.05) is 7.11 Å². The number of fused-ring (bicyclic) bond motifs is 1. The standard InChI is InChI=1S/C18H22INO4Se/c1-18(2,3)24-17(22)20-12(16(21)23-4)9-10-14-15(19)11-7-5-6-8-13(11)25-14/h5-8,12H,9-10H2,1-4H3,(H,20,22)/t12-/m0/s1. The zero-order chi connectivity index (χ0) is 18.6. The van der Waals surface area contributed by atoms with E-state index in [4.69, 9.17) is 9.47 Å². The Balaban J connectivity index is 2.07. The number of amides is 1. The van der Waals surface area contributed by atoms with E-state index in [1.54, 1.807) is 20.8 Å². The first-order chi connectivity index (χ1) is 11.7. The number of methoxy groups -OCH3 is 1. The van der Waals surface area contributed by atoms with Crippen LogP contribution in [0, 0.1) is 3.57 Å². The van der Waals surface area contributed by atoms with E-state index in [0.29, 0.717) is 6.42 Å². The van der Waals surface area contributed by atoms with Crippen LogP contribution in [0.1, 0.15) is 31.6 Å². The van der Waals surface area contributed by atoms with Gasteiger partial charge in [0.2, 0.25) is 0 Å². The molecule has 1 atom stereocenters. The number of ether oxygens (including phenoxy) is 2. The summed E-state index contributed by atoms with van der Waals surface area (Å²) in [4.78, 5) is 24.0. The molecular weight excluding hydrogens is 500 g/mol. The van der Waals surface area contributed by atoms with Crippen LogP contribution < -0.4 is 5.32 Å². The SMILES string of the molecule is COC(=O)[C@H](CCc1[se]c2ccccc2c1I)NC(=O)OC(C)(C)C. The molecule has 0 aliphatic heterocycles. The van der Waals surface area contributed by atoms with Gasteiger partial charge in [0.1, 0.15) is 0 Å². The van der Waals surface area contributed by atoms with Gasteiger partial charge in [-0.2, -0.15) is 0 Å². The summed E-state index contributed by atoms with van der Waals surface area (Å²) < 4.78 is 14.0. The fourth-order valence-electron chi connectivity index (χ4n) is 2.34. The van der Waals surface area contributed by atoms with E-state index in [0.717, 1.165) is 6.42 Å². The van der Waals surface area contributed by atoms with Crippen molar-refractivity contribution >= 4 is 58.8 Å². The number of esters is 1. The zero-order valence-corrected chi connectivity index (χ0v) is 18.6. The van der Waals surface area contributed by atoms with Crippen molar-refractivity contribution in [3.05, 3.63) is 32.3 Å². The molecule has 136 valence electrons. The second kappa shape index (κ2) is 8.56. The molecule has 1 N–H and O–H groups in total. The maximum atomic E-state index is 12.0. The third-order valence-electron chi connectivity index (χ3n) is 3.44. The molecule has 0 saturated carbocycles. The van der Waals surface area contributed by atoms with Crippen molar-refractivity contribution in [1.82, 2.24) is 5.32 Å². The molecule has 2 rings (SSSR count). The first kappa shape index (κ1) is 20.3. The van der Waals surface area contributed by atoms with Gasteiger partial charge in [0.05, 0.1) is 0 Å². The third-order valence-corrected chi connectivity index (χ3v) is 8.07. The second-order valence-electron chi connectivity index (χ2n) is 6.60. The van der Waals surface area contributed by atoms with Gasteiger partial charge < -0.3 is 0 Å². The Bertz CT molecular complexity index is 766. The van der Waals surface area contributed by atoms with Crippen LogP contribution in [0.15, 0.2) is 24.3 Å². The Hall–Kier alpha value is -1.05. The number of benzene rings is 1. The number of hydrogen-bond donors (Lipinski definition) is 1. The van der Waals surface area contributed by atoms with Gasteiger partial charge in [-0.3, -0.25) is 0 Å². The minimum atomic E-state index is -0.712. The van der Waals surface area contributed by atoms with Gasteiger partial charge in [0, 0.05) is 0 Å². The van der Waals surface area contributed by atoms with Crippen LogP contribution in [-0.2, 0) is 20.7 Å². The van der Waals surface area contributed by atoms with E-state index < -0.39 is 23.7 Å². The molecule has 5 nitrogen and oxygen atoms in total. The van der Waals surface area contributed by atoms with Gasteiger partial charge in [-0.05, 0) is 0 Å². The van der Waals surface area contributed by atoms with Crippen molar-refractivity contribution in [2.24, 2.45) is 0 Å². The van der Waals surface area contributed by atoms with Gasteiger partial charge in [-0.1, -0.05) is 0 Å². The number of rotatable bonds is 5. The quantitative estimate of drug-likeness (QED) is 0.371. The van der Waals surface area contributed by atoms with E-state index in [2.05, 4.69) is 46.1 Å². The van der Waals surface area contributed by atoms with Crippen molar-refractivity contribution in [3.63, 3.8) is 0 Å². The number of carbonyl (C=O) groups excluding carboxylic acids is 2. The molecule has 0 fully saturated rings.